The minimum Gasteiger partial charge on any atom is -0.756 e. The van der Waals surface area contributed by atoms with Gasteiger partial charge in [-0.1, -0.05) is 250 Å². The summed E-state index contributed by atoms with van der Waals surface area (Å²) in [5.41, 5.74) is 0. The quantitative estimate of drug-likeness (QED) is 0.0212. The minimum atomic E-state index is -4.73. The molecule has 0 rings (SSSR count). The molecule has 9 nitrogen and oxygen atoms in total. The fourth-order valence-electron chi connectivity index (χ4n) is 8.14. The summed E-state index contributed by atoms with van der Waals surface area (Å²) in [6.07, 6.45) is 86.6. The number of phosphoric ester groups is 1. The highest BCUT2D eigenvalue weighted by Gasteiger charge is 2.27. The lowest BCUT2D eigenvalue weighted by atomic mass is 10.1. The smallest absolute Gasteiger partial charge is 0.306 e. The van der Waals surface area contributed by atoms with Crippen molar-refractivity contribution in [1.82, 2.24) is 5.32 Å². The number of carbonyl (C=O) groups is 2. The Labute approximate surface area is 497 Å². The molecule has 0 aromatic heterocycles. The van der Waals surface area contributed by atoms with Gasteiger partial charge in [-0.05, 0) is 122 Å². The van der Waals surface area contributed by atoms with E-state index in [2.05, 4.69) is 160 Å². The maximum Gasteiger partial charge on any atom is 0.306 e. The number of likely N-dealkylation sites (N-methyl/N-ethyl adjacent to an activating group) is 1. The Balaban J connectivity index is 5.31. The number of phosphoric acid groups is 1. The Morgan fingerprint density at radius 1 is 0.444 bits per heavy atom. The van der Waals surface area contributed by atoms with Crippen molar-refractivity contribution in [2.75, 3.05) is 40.9 Å². The summed E-state index contributed by atoms with van der Waals surface area (Å²) in [6, 6.07) is -0.940. The number of ether oxygens (including phenoxy) is 1. The van der Waals surface area contributed by atoms with E-state index in [-0.39, 0.29) is 25.4 Å². The van der Waals surface area contributed by atoms with Gasteiger partial charge in [-0.2, -0.15) is 0 Å². The summed E-state index contributed by atoms with van der Waals surface area (Å²) < 4.78 is 30.2. The third-order valence-corrected chi connectivity index (χ3v) is 13.9. The first-order valence-corrected chi connectivity index (χ1v) is 33.3. The Bertz CT molecular complexity index is 1940. The SMILES string of the molecule is CC/C=C\C/C=C\C/C=C\C/C=C\C/C=C\C/C=C\CCCCCCCCC(=O)NC(COP(=O)([O-])OCC[N+](C)(C)C)C(/C=C\CCCCCCCCCCC)OC(=O)CC/C=C\C/C=C\C/C=C\C/C=C\C/C=C\C/C=C\CC. The standard InChI is InChI=1S/C71H117N2O7P/c1-7-10-13-16-19-22-25-27-29-31-33-34-35-36-37-38-40-41-43-45-48-51-54-57-60-63-70(74)72-68(67-79-81(76,77)78-66-65-73(4,5)6)69(62-59-56-53-50-47-24-21-18-15-12-9-3)80-71(75)64-61-58-55-52-49-46-44-42-39-32-30-28-26-23-20-17-14-11-8-2/h10-11,13-14,19-20,22-23,27-30,33-34,36-37,39-42,46,49,55,58-59,62,68-69H,7-9,12,15-18,21,24-26,31-32,35,38,43-45,47-48,50-54,56-57,60-61,63-67H2,1-6H3,(H-,72,74,76,77)/b13-10-,14-11-,22-19-,23-20-,29-27-,30-28-,34-33-,37-36-,41-40-,42-39-,49-46-,58-55-,62-59-. The predicted molar refractivity (Wildman–Crippen MR) is 348 cm³/mol. The zero-order valence-corrected chi connectivity index (χ0v) is 53.1. The molecular formula is C71H117N2O7P. The molecule has 0 aliphatic carbocycles. The van der Waals surface area contributed by atoms with Gasteiger partial charge in [0, 0.05) is 12.8 Å². The summed E-state index contributed by atoms with van der Waals surface area (Å²) in [5.74, 6) is -0.670. The predicted octanol–water partition coefficient (Wildman–Crippen LogP) is 19.4. The first-order valence-electron chi connectivity index (χ1n) is 31.8. The van der Waals surface area contributed by atoms with Crippen LogP contribution in [0.3, 0.4) is 0 Å². The molecule has 0 spiro atoms. The Hall–Kier alpha value is -4.37. The van der Waals surface area contributed by atoms with Gasteiger partial charge in [0.2, 0.25) is 5.91 Å². The Morgan fingerprint density at radius 2 is 0.802 bits per heavy atom. The molecule has 458 valence electrons. The summed E-state index contributed by atoms with van der Waals surface area (Å²) in [5, 5.41) is 3.00. The molecular weight excluding hydrogens is 1020 g/mol. The van der Waals surface area contributed by atoms with Gasteiger partial charge in [0.15, 0.2) is 0 Å². The lowest BCUT2D eigenvalue weighted by molar-refractivity contribution is -0.870. The van der Waals surface area contributed by atoms with E-state index in [1.54, 1.807) is 6.08 Å². The van der Waals surface area contributed by atoms with Gasteiger partial charge in [-0.3, -0.25) is 14.2 Å². The average molecular weight is 1140 g/mol. The van der Waals surface area contributed by atoms with Crippen LogP contribution in [0.5, 0.6) is 0 Å². The lowest BCUT2D eigenvalue weighted by Gasteiger charge is -2.30. The van der Waals surface area contributed by atoms with Crippen molar-refractivity contribution in [3.63, 3.8) is 0 Å². The Kier molecular flexibility index (Phi) is 55.6. The van der Waals surface area contributed by atoms with E-state index >= 15 is 0 Å². The van der Waals surface area contributed by atoms with Crippen LogP contribution in [-0.4, -0.2) is 69.4 Å². The lowest BCUT2D eigenvalue weighted by Crippen LogP contribution is -2.47. The van der Waals surface area contributed by atoms with Crippen LogP contribution < -0.4 is 10.2 Å². The fourth-order valence-corrected chi connectivity index (χ4v) is 8.86. The number of nitrogens with one attached hydrogen (secondary N) is 1. The van der Waals surface area contributed by atoms with E-state index in [0.29, 0.717) is 23.9 Å². The second kappa shape index (κ2) is 58.8. The molecule has 0 aromatic rings. The molecule has 1 amide bonds. The number of quaternary nitrogens is 1. The largest absolute Gasteiger partial charge is 0.756 e. The third kappa shape index (κ3) is 60.1. The van der Waals surface area contributed by atoms with Crippen molar-refractivity contribution in [2.45, 2.75) is 238 Å². The van der Waals surface area contributed by atoms with Gasteiger partial charge in [0.1, 0.15) is 19.3 Å². The van der Waals surface area contributed by atoms with Crippen molar-refractivity contribution >= 4 is 19.7 Å². The molecule has 0 saturated heterocycles. The highest BCUT2D eigenvalue weighted by molar-refractivity contribution is 7.45. The number of rotatable bonds is 55. The van der Waals surface area contributed by atoms with Gasteiger partial charge in [-0.15, -0.1) is 0 Å². The van der Waals surface area contributed by atoms with Crippen molar-refractivity contribution in [2.24, 2.45) is 0 Å². The van der Waals surface area contributed by atoms with E-state index < -0.39 is 32.5 Å². The summed E-state index contributed by atoms with van der Waals surface area (Å²) in [6.45, 7) is 6.52. The molecule has 0 aromatic carbocycles. The second-order valence-corrected chi connectivity index (χ2v) is 23.2. The molecule has 0 aliphatic rings. The minimum absolute atomic E-state index is 0.0462. The third-order valence-electron chi connectivity index (χ3n) is 13.0. The van der Waals surface area contributed by atoms with E-state index in [4.69, 9.17) is 13.8 Å². The highest BCUT2D eigenvalue weighted by Crippen LogP contribution is 2.38. The number of unbranched alkanes of at least 4 members (excludes halogenated alkanes) is 15. The van der Waals surface area contributed by atoms with Gasteiger partial charge in [-0.25, -0.2) is 0 Å². The van der Waals surface area contributed by atoms with E-state index in [1.807, 2.05) is 39.4 Å². The van der Waals surface area contributed by atoms with E-state index in [0.717, 1.165) is 135 Å². The van der Waals surface area contributed by atoms with Crippen LogP contribution in [0.2, 0.25) is 0 Å². The topological polar surface area (TPSA) is 114 Å². The number of allylic oxidation sites excluding steroid dienone is 25. The monoisotopic (exact) mass is 1140 g/mol. The molecule has 0 heterocycles. The van der Waals surface area contributed by atoms with Crippen LogP contribution in [0.25, 0.3) is 0 Å². The highest BCUT2D eigenvalue weighted by atomic mass is 31.2. The number of hydrogen-bond donors (Lipinski definition) is 1. The van der Waals surface area contributed by atoms with Gasteiger partial charge < -0.3 is 28.5 Å². The molecule has 0 saturated carbocycles. The van der Waals surface area contributed by atoms with E-state index in [1.165, 1.54) is 44.9 Å². The molecule has 1 N–H and O–H groups in total. The maximum atomic E-state index is 13.5. The van der Waals surface area contributed by atoms with Crippen molar-refractivity contribution < 1.29 is 37.3 Å². The zero-order chi connectivity index (χ0) is 59.3. The second-order valence-electron chi connectivity index (χ2n) is 21.8. The van der Waals surface area contributed by atoms with Crippen molar-refractivity contribution in [3.8, 4) is 0 Å². The molecule has 3 atom stereocenters. The normalized spacial score (nSPS) is 14.7. The van der Waals surface area contributed by atoms with E-state index in [9.17, 15) is 19.0 Å². The fraction of sp³-hybridized carbons (Fsp3) is 0.606. The molecule has 0 fully saturated rings. The summed E-state index contributed by atoms with van der Waals surface area (Å²) in [4.78, 5) is 40.0. The molecule has 81 heavy (non-hydrogen) atoms. The number of hydrogen-bond acceptors (Lipinski definition) is 7. The van der Waals surface area contributed by atoms with Gasteiger partial charge in [0.05, 0.1) is 33.8 Å². The molecule has 0 bridgehead atoms. The van der Waals surface area contributed by atoms with Gasteiger partial charge >= 0.3 is 5.97 Å². The van der Waals surface area contributed by atoms with Crippen LogP contribution in [-0.2, 0) is 27.9 Å². The number of carbonyl (C=O) groups excluding carboxylic acids is 2. The molecule has 0 radical (unpaired) electrons. The van der Waals surface area contributed by atoms with Crippen molar-refractivity contribution in [1.29, 1.82) is 0 Å². The molecule has 0 aliphatic heterocycles. The van der Waals surface area contributed by atoms with Crippen LogP contribution in [0.4, 0.5) is 0 Å². The number of esters is 1. The maximum absolute atomic E-state index is 13.5. The van der Waals surface area contributed by atoms with Gasteiger partial charge in [0.25, 0.3) is 7.82 Å². The Morgan fingerprint density at radius 3 is 1.21 bits per heavy atom. The average Bonchev–Trinajstić information content (AvgIpc) is 3.44. The molecule has 3 unspecified atom stereocenters. The number of amides is 1. The first kappa shape index (κ1) is 76.6. The zero-order valence-electron chi connectivity index (χ0n) is 52.2. The van der Waals surface area contributed by atoms with Crippen molar-refractivity contribution in [3.05, 3.63) is 158 Å². The van der Waals surface area contributed by atoms with Crippen LogP contribution in [0.1, 0.15) is 226 Å². The number of nitrogens with zero attached hydrogens (tertiary/aromatic N) is 1. The molecule has 10 heteroatoms. The van der Waals surface area contributed by atoms with Crippen LogP contribution in [0, 0.1) is 0 Å². The van der Waals surface area contributed by atoms with Crippen LogP contribution in [0.15, 0.2) is 158 Å². The summed E-state index contributed by atoms with van der Waals surface area (Å²) in [7, 11) is 1.11. The summed E-state index contributed by atoms with van der Waals surface area (Å²) >= 11 is 0. The van der Waals surface area contributed by atoms with Crippen LogP contribution >= 0.6 is 7.82 Å². The first-order chi connectivity index (χ1) is 39.4.